The van der Waals surface area contributed by atoms with Crippen molar-refractivity contribution >= 4 is 142 Å². The van der Waals surface area contributed by atoms with Crippen LogP contribution in [0.2, 0.25) is 0 Å². The predicted molar refractivity (Wildman–Crippen MR) is 423 cm³/mol. The number of phenolic OH excluding ortho intramolecular Hbond substituents is 1. The smallest absolute Gasteiger partial charge is 0.426 e. The lowest BCUT2D eigenvalue weighted by Crippen LogP contribution is -3.14. The molecule has 2 N–H and O–H groups in total. The number of benzene rings is 5. The number of thiophene rings is 1. The van der Waals surface area contributed by atoms with E-state index in [-0.39, 0.29) is 68.9 Å². The fourth-order valence-electron chi connectivity index (χ4n) is 13.3. The average Bonchev–Trinajstić information content (AvgIpc) is 1.50. The van der Waals surface area contributed by atoms with Gasteiger partial charge in [0.2, 0.25) is 6.10 Å². The van der Waals surface area contributed by atoms with Gasteiger partial charge in [-0.3, -0.25) is 19.2 Å². The summed E-state index contributed by atoms with van der Waals surface area (Å²) in [5.74, 6) is -2.11. The molecule has 103 heavy (non-hydrogen) atoms. The zero-order valence-electron chi connectivity index (χ0n) is 61.3. The molecule has 12 rings (SSSR count). The van der Waals surface area contributed by atoms with Crippen molar-refractivity contribution in [3.8, 4) is 16.4 Å². The molecule has 25 heteroatoms. The zero-order valence-corrected chi connectivity index (χ0v) is 70.2. The summed E-state index contributed by atoms with van der Waals surface area (Å²) >= 11 is 6.31. The molecule has 16 nitrogen and oxygen atoms in total. The monoisotopic (exact) mass is 1830 g/mol. The molecule has 1 aliphatic heterocycles. The molecule has 6 aromatic rings. The molecule has 1 saturated heterocycles. The van der Waals surface area contributed by atoms with Gasteiger partial charge in [-0.15, -0.1) is 0 Å². The number of hydrogen-bond donors (Lipinski definition) is 2. The first kappa shape index (κ1) is 87.5. The van der Waals surface area contributed by atoms with Crippen LogP contribution in [0.3, 0.4) is 0 Å². The molecule has 0 radical (unpaired) electrons. The number of alkyl halides is 3. The van der Waals surface area contributed by atoms with Crippen LogP contribution in [0.25, 0.3) is 25.1 Å². The molecule has 5 saturated carbocycles. The summed E-state index contributed by atoms with van der Waals surface area (Å²) in [6, 6.07) is 39.6. The van der Waals surface area contributed by atoms with Crippen molar-refractivity contribution in [1.82, 2.24) is 0 Å². The molecule has 5 aliphatic carbocycles. The van der Waals surface area contributed by atoms with Crippen LogP contribution in [0.5, 0.6) is 11.5 Å². The molecule has 6 fully saturated rings. The van der Waals surface area contributed by atoms with E-state index in [2.05, 4.69) is 172 Å². The molecule has 570 valence electrons. The van der Waals surface area contributed by atoms with E-state index in [0.29, 0.717) is 70.0 Å². The van der Waals surface area contributed by atoms with Gasteiger partial charge in [-0.2, -0.15) is 13.2 Å². The lowest BCUT2D eigenvalue weighted by molar-refractivity contribution is -0.896. The molecule has 2 heterocycles. The van der Waals surface area contributed by atoms with Gasteiger partial charge in [-0.1, -0.05) is 95.0 Å². The second-order valence-corrected chi connectivity index (χ2v) is 39.5. The van der Waals surface area contributed by atoms with Gasteiger partial charge in [0, 0.05) is 38.4 Å². The number of quaternary nitrogens is 1. The summed E-state index contributed by atoms with van der Waals surface area (Å²) in [4.78, 5) is 51.8. The minimum atomic E-state index is -5.27. The molecule has 5 aromatic carbocycles. The van der Waals surface area contributed by atoms with E-state index >= 15 is 0 Å². The Morgan fingerprint density at radius 3 is 1.66 bits per heavy atom. The quantitative estimate of drug-likeness (QED) is 0.0267. The predicted octanol–water partition coefficient (Wildman–Crippen LogP) is 17.1. The maximum atomic E-state index is 13.3. The summed E-state index contributed by atoms with van der Waals surface area (Å²) < 4.78 is 122. The third-order valence-electron chi connectivity index (χ3n) is 20.7. The van der Waals surface area contributed by atoms with Crippen LogP contribution >= 0.6 is 78.2 Å². The van der Waals surface area contributed by atoms with Gasteiger partial charge in [0.25, 0.3) is 0 Å². The average molecular weight is 1830 g/mol. The standard InChI is InChI=1S/C20H29F3O7S.C18H13S.C12H23NO4S.C12H22O2.C10H14O.C6H3I3O/c1-4-17(2,3)15(24)30-19-8-12-5-13(9-19)7-18(6-12,11-19)16(25)29-14(20(21,22)23)10-31(26,27)28;1-2-8-14(9-3-1)19-17-12-6-4-10-15(17)16-11-5-7-13-18(16)19;1-4-12(2,3)11(14)17-8-5-13-6-9-18(15,16)10-7-13;1-5-11(2,3)10(13)14-12(4)8-6-7-9-12;1-3-8(2)9-5-4-6-10(11)7-9;7-3-1-4(8)6(10)5(9)2-3/h12-14H,4-11H2,1-3H3,(H,26,27,28);1-13H;4-10H2,1-3H3;5-9H2,1-4H3;4-8,11H,3H2,1-2H3;1-2,10H/q;+1;;;;/p-1. The number of carbonyl (C=O) groups excluding carboxylic acids is 4. The van der Waals surface area contributed by atoms with E-state index < -0.39 is 71.8 Å². The van der Waals surface area contributed by atoms with E-state index in [9.17, 15) is 58.8 Å². The minimum Gasteiger partial charge on any atom is -0.871 e. The molecule has 6 aliphatic rings. The second kappa shape index (κ2) is 37.1. The fraction of sp³-hybridized carbons (Fsp3) is 0.564. The number of phenols is 1. The molecular formula is C78H103F3I3NO15S3. The molecule has 4 unspecified atom stereocenters. The molecule has 4 bridgehead atoms. The third-order valence-corrected chi connectivity index (χ3v) is 27.7. The Bertz CT molecular complexity index is 3980. The van der Waals surface area contributed by atoms with Gasteiger partial charge in [0.05, 0.1) is 62.1 Å². The Morgan fingerprint density at radius 2 is 1.18 bits per heavy atom. The van der Waals surface area contributed by atoms with E-state index in [1.165, 1.54) is 48.4 Å². The maximum absolute atomic E-state index is 13.3. The van der Waals surface area contributed by atoms with Crippen molar-refractivity contribution in [2.24, 2.45) is 33.5 Å². The Labute approximate surface area is 651 Å². The van der Waals surface area contributed by atoms with Crippen LogP contribution in [0.4, 0.5) is 13.2 Å². The number of aromatic hydroxyl groups is 1. The number of halogens is 6. The highest BCUT2D eigenvalue weighted by molar-refractivity contribution is 14.1. The van der Waals surface area contributed by atoms with Crippen molar-refractivity contribution < 1.29 is 87.8 Å². The molecule has 4 atom stereocenters. The Hall–Kier alpha value is -4.40. The molecule has 0 spiro atoms. The van der Waals surface area contributed by atoms with E-state index in [1.54, 1.807) is 19.9 Å². The second-order valence-electron chi connectivity index (χ2n) is 30.2. The van der Waals surface area contributed by atoms with Crippen molar-refractivity contribution in [2.75, 3.05) is 43.5 Å². The number of nitrogens with one attached hydrogen (secondary N) is 1. The Kier molecular flexibility index (Phi) is 31.6. The first-order valence-electron chi connectivity index (χ1n) is 35.4. The highest BCUT2D eigenvalue weighted by atomic mass is 127. The van der Waals surface area contributed by atoms with Gasteiger partial charge in [-0.05, 0) is 284 Å². The molecule has 0 amide bonds. The summed E-state index contributed by atoms with van der Waals surface area (Å²) in [5, 5.41) is 23.0. The number of hydrogen-bond acceptors (Lipinski definition) is 15. The van der Waals surface area contributed by atoms with Crippen molar-refractivity contribution in [3.05, 3.63) is 132 Å². The van der Waals surface area contributed by atoms with E-state index in [1.807, 2.05) is 78.8 Å². The number of rotatable bonds is 18. The highest BCUT2D eigenvalue weighted by Crippen LogP contribution is 2.64. The number of fused-ring (bicyclic) bond motifs is 3. The van der Waals surface area contributed by atoms with Crippen LogP contribution in [0, 0.1) is 44.2 Å². The normalized spacial score (nSPS) is 21.0. The number of carbonyl (C=O) groups is 4. The lowest BCUT2D eigenvalue weighted by Gasteiger charge is -2.60. The third kappa shape index (κ3) is 25.1. The lowest BCUT2D eigenvalue weighted by atomic mass is 9.48. The van der Waals surface area contributed by atoms with Crippen molar-refractivity contribution in [2.45, 2.75) is 202 Å². The minimum absolute atomic E-state index is 0.00100. The SMILES string of the molecule is CCC(C)(C)C(=O)OC1(C)CCCC1.CCC(C)(C)C(=O)OC12CC3CC(C1)CC(C(=O)OC(CS(=O)(=O)[O-])C(F)(F)F)(C3)C2.CCC(C)(C)C(=O)OCC[NH+]1CCS(=O)(=O)CC1.CCC(C)c1cccc(O)c1.[O-]c1c(I)cc(I)cc1I.c1ccc(-[s+]2c3ccccc3c3ccccc32)cc1. The van der Waals surface area contributed by atoms with Crippen molar-refractivity contribution in [3.63, 3.8) is 0 Å². The Morgan fingerprint density at radius 1 is 0.699 bits per heavy atom. The highest BCUT2D eigenvalue weighted by Gasteiger charge is 2.64. The zero-order chi connectivity index (χ0) is 76.7. The van der Waals surface area contributed by atoms with Crippen molar-refractivity contribution in [1.29, 1.82) is 0 Å². The largest absolute Gasteiger partial charge is 0.871 e. The topological polar surface area (TPSA) is 244 Å². The van der Waals surface area contributed by atoms with E-state index in [0.717, 1.165) is 49.2 Å². The summed E-state index contributed by atoms with van der Waals surface area (Å²) in [6.45, 7) is 25.7. The maximum Gasteiger partial charge on any atom is 0.426 e. The van der Waals surface area contributed by atoms with Gasteiger partial charge in [0.15, 0.2) is 24.1 Å². The first-order valence-corrected chi connectivity index (χ1v) is 43.3. The van der Waals surface area contributed by atoms with E-state index in [4.69, 9.17) is 19.3 Å². The summed E-state index contributed by atoms with van der Waals surface area (Å²) in [7, 11) is -8.03. The van der Waals surface area contributed by atoms with Gasteiger partial charge >= 0.3 is 30.1 Å². The summed E-state index contributed by atoms with van der Waals surface area (Å²) in [5.41, 5.74) is -2.68. The van der Waals surface area contributed by atoms with Crippen LogP contribution in [0.15, 0.2) is 115 Å². The number of esters is 4. The van der Waals surface area contributed by atoms with Gasteiger partial charge < -0.3 is 38.6 Å². The molecule has 1 aromatic heterocycles. The number of ether oxygens (including phenoxy) is 4. The summed E-state index contributed by atoms with van der Waals surface area (Å²) in [6.07, 6.45) is 1.99. The van der Waals surface area contributed by atoms with Crippen LogP contribution in [-0.4, -0.2) is 117 Å². The Balaban J connectivity index is 0.000000203. The first-order chi connectivity index (χ1) is 47.9. The van der Waals surface area contributed by atoms with Gasteiger partial charge in [-0.25, -0.2) is 16.8 Å². The van der Waals surface area contributed by atoms with Crippen LogP contribution < -0.4 is 10.0 Å². The fourth-order valence-corrected chi connectivity index (χ4v) is 21.4. The van der Waals surface area contributed by atoms with Crippen LogP contribution in [0.1, 0.15) is 184 Å². The van der Waals surface area contributed by atoms with Crippen LogP contribution in [-0.2, 0) is 58.1 Å². The van der Waals surface area contributed by atoms with Gasteiger partial charge in [0.1, 0.15) is 30.1 Å². The number of sulfone groups is 1. The molecular weight excluding hydrogens is 1720 g/mol.